The average molecular weight is 292 g/mol. The summed E-state index contributed by atoms with van der Waals surface area (Å²) >= 11 is 0. The molecule has 1 aliphatic rings. The van der Waals surface area contributed by atoms with Crippen molar-refractivity contribution >= 4 is 5.69 Å². The van der Waals surface area contributed by atoms with E-state index in [1.807, 2.05) is 21.7 Å². The summed E-state index contributed by atoms with van der Waals surface area (Å²) in [5.41, 5.74) is -0.258. The highest BCUT2D eigenvalue weighted by Gasteiger charge is 2.31. The molecule has 1 aromatic carbocycles. The molecule has 0 unspecified atom stereocenters. The van der Waals surface area contributed by atoms with E-state index in [1.165, 1.54) is 6.07 Å². The SMILES string of the molecule is N#Cc1cc(C(F)(F)F)ccc1N1CCn2ccnc2C1. The Kier molecular flexibility index (Phi) is 3.09. The Labute approximate surface area is 119 Å². The fourth-order valence-electron chi connectivity index (χ4n) is 2.46. The van der Waals surface area contributed by atoms with Gasteiger partial charge in [-0.15, -0.1) is 0 Å². The lowest BCUT2D eigenvalue weighted by molar-refractivity contribution is -0.137. The molecule has 1 aromatic heterocycles. The van der Waals surface area contributed by atoms with Crippen LogP contribution in [0.2, 0.25) is 0 Å². The van der Waals surface area contributed by atoms with Gasteiger partial charge in [-0.05, 0) is 18.2 Å². The lowest BCUT2D eigenvalue weighted by atomic mass is 10.1. The van der Waals surface area contributed by atoms with E-state index in [-0.39, 0.29) is 5.56 Å². The van der Waals surface area contributed by atoms with Gasteiger partial charge in [0.1, 0.15) is 11.9 Å². The van der Waals surface area contributed by atoms with Gasteiger partial charge in [0.25, 0.3) is 0 Å². The number of aromatic nitrogens is 2. The van der Waals surface area contributed by atoms with E-state index in [0.717, 1.165) is 18.0 Å². The van der Waals surface area contributed by atoms with E-state index in [2.05, 4.69) is 4.98 Å². The van der Waals surface area contributed by atoms with Crippen LogP contribution in [0.15, 0.2) is 30.6 Å². The Morgan fingerprint density at radius 2 is 2.05 bits per heavy atom. The van der Waals surface area contributed by atoms with Gasteiger partial charge in [-0.25, -0.2) is 4.98 Å². The minimum Gasteiger partial charge on any atom is -0.361 e. The lowest BCUT2D eigenvalue weighted by Crippen LogP contribution is -2.34. The average Bonchev–Trinajstić information content (AvgIpc) is 2.93. The predicted molar refractivity (Wildman–Crippen MR) is 69.4 cm³/mol. The first-order valence-electron chi connectivity index (χ1n) is 6.35. The number of halogens is 3. The van der Waals surface area contributed by atoms with Crippen molar-refractivity contribution in [2.75, 3.05) is 11.4 Å². The molecule has 0 bridgehead atoms. The summed E-state index contributed by atoms with van der Waals surface area (Å²) in [6.45, 7) is 1.80. The van der Waals surface area contributed by atoms with Crippen LogP contribution >= 0.6 is 0 Å². The summed E-state index contributed by atoms with van der Waals surface area (Å²) < 4.78 is 40.1. The van der Waals surface area contributed by atoms with E-state index in [0.29, 0.717) is 25.3 Å². The molecule has 0 N–H and O–H groups in total. The number of imidazole rings is 1. The van der Waals surface area contributed by atoms with E-state index in [1.54, 1.807) is 6.20 Å². The maximum Gasteiger partial charge on any atom is 0.416 e. The summed E-state index contributed by atoms with van der Waals surface area (Å²) in [7, 11) is 0. The number of alkyl halides is 3. The second-order valence-electron chi connectivity index (χ2n) is 4.80. The fraction of sp³-hybridized carbons (Fsp3) is 0.286. The van der Waals surface area contributed by atoms with Gasteiger partial charge in [-0.1, -0.05) is 0 Å². The van der Waals surface area contributed by atoms with Gasteiger partial charge >= 0.3 is 6.18 Å². The number of hydrogen-bond donors (Lipinski definition) is 0. The zero-order valence-corrected chi connectivity index (χ0v) is 10.9. The molecule has 2 aromatic rings. The van der Waals surface area contributed by atoms with Crippen molar-refractivity contribution in [2.45, 2.75) is 19.3 Å². The predicted octanol–water partition coefficient (Wildman–Crippen LogP) is 2.79. The van der Waals surface area contributed by atoms with Crippen molar-refractivity contribution in [2.24, 2.45) is 0 Å². The fourth-order valence-corrected chi connectivity index (χ4v) is 2.46. The molecule has 0 atom stereocenters. The topological polar surface area (TPSA) is 44.9 Å². The molecule has 0 spiro atoms. The summed E-state index contributed by atoms with van der Waals surface area (Å²) in [5.74, 6) is 0.838. The van der Waals surface area contributed by atoms with Gasteiger partial charge in [0.05, 0.1) is 23.4 Å². The number of nitrogens with zero attached hydrogens (tertiary/aromatic N) is 4. The molecule has 3 rings (SSSR count). The minimum atomic E-state index is -4.44. The van der Waals surface area contributed by atoms with Crippen LogP contribution in [-0.2, 0) is 19.3 Å². The van der Waals surface area contributed by atoms with Crippen LogP contribution < -0.4 is 4.90 Å². The molecule has 21 heavy (non-hydrogen) atoms. The first-order valence-corrected chi connectivity index (χ1v) is 6.35. The van der Waals surface area contributed by atoms with E-state index in [9.17, 15) is 13.2 Å². The van der Waals surface area contributed by atoms with Gasteiger partial charge in [0.15, 0.2) is 0 Å². The van der Waals surface area contributed by atoms with Gasteiger partial charge < -0.3 is 9.47 Å². The normalized spacial score (nSPS) is 14.7. The Balaban J connectivity index is 1.95. The Hall–Kier alpha value is -2.49. The van der Waals surface area contributed by atoms with Crippen LogP contribution in [0.1, 0.15) is 17.0 Å². The maximum atomic E-state index is 12.7. The molecule has 2 heterocycles. The smallest absolute Gasteiger partial charge is 0.361 e. The van der Waals surface area contributed by atoms with Gasteiger partial charge in [0.2, 0.25) is 0 Å². The van der Waals surface area contributed by atoms with Crippen LogP contribution in [0.25, 0.3) is 0 Å². The minimum absolute atomic E-state index is 0.0323. The standard InChI is InChI=1S/C14H11F3N4/c15-14(16,17)11-1-2-12(10(7-11)8-18)21-6-5-20-4-3-19-13(20)9-21/h1-4,7H,5-6,9H2. The molecule has 0 saturated carbocycles. The number of benzene rings is 1. The van der Waals surface area contributed by atoms with Gasteiger partial charge in [-0.2, -0.15) is 18.4 Å². The molecule has 0 radical (unpaired) electrons. The molecule has 7 heteroatoms. The third kappa shape index (κ3) is 2.44. The monoisotopic (exact) mass is 292 g/mol. The van der Waals surface area contributed by atoms with Crippen molar-refractivity contribution in [1.82, 2.24) is 9.55 Å². The highest BCUT2D eigenvalue weighted by atomic mass is 19.4. The highest BCUT2D eigenvalue weighted by molar-refractivity contribution is 5.61. The number of fused-ring (bicyclic) bond motifs is 1. The van der Waals surface area contributed by atoms with E-state index < -0.39 is 11.7 Å². The molecular formula is C14H11F3N4. The van der Waals surface area contributed by atoms with Crippen LogP contribution in [0.3, 0.4) is 0 Å². The number of hydrogen-bond acceptors (Lipinski definition) is 3. The second-order valence-corrected chi connectivity index (χ2v) is 4.80. The van der Waals surface area contributed by atoms with Crippen LogP contribution in [0, 0.1) is 11.3 Å². The van der Waals surface area contributed by atoms with Crippen molar-refractivity contribution in [3.05, 3.63) is 47.5 Å². The molecule has 0 aliphatic carbocycles. The van der Waals surface area contributed by atoms with Crippen LogP contribution in [-0.4, -0.2) is 16.1 Å². The summed E-state index contributed by atoms with van der Waals surface area (Å²) in [4.78, 5) is 6.08. The number of rotatable bonds is 1. The van der Waals surface area contributed by atoms with Crippen molar-refractivity contribution in [1.29, 1.82) is 5.26 Å². The van der Waals surface area contributed by atoms with Crippen molar-refractivity contribution in [3.8, 4) is 6.07 Å². The van der Waals surface area contributed by atoms with Crippen molar-refractivity contribution < 1.29 is 13.2 Å². The second kappa shape index (κ2) is 4.81. The molecule has 0 fully saturated rings. The Morgan fingerprint density at radius 3 is 2.76 bits per heavy atom. The number of anilines is 1. The van der Waals surface area contributed by atoms with Crippen LogP contribution in [0.4, 0.5) is 18.9 Å². The quantitative estimate of drug-likeness (QED) is 0.812. The number of nitriles is 1. The molecule has 0 amide bonds. The molecule has 0 saturated heterocycles. The third-order valence-corrected chi connectivity index (χ3v) is 3.53. The summed E-state index contributed by atoms with van der Waals surface area (Å²) in [6, 6.07) is 5.13. The summed E-state index contributed by atoms with van der Waals surface area (Å²) in [5, 5.41) is 9.13. The lowest BCUT2D eigenvalue weighted by Gasteiger charge is -2.30. The van der Waals surface area contributed by atoms with Gasteiger partial charge in [0, 0.05) is 25.5 Å². The molecule has 1 aliphatic heterocycles. The summed E-state index contributed by atoms with van der Waals surface area (Å²) in [6.07, 6.45) is -0.885. The van der Waals surface area contributed by atoms with Gasteiger partial charge in [-0.3, -0.25) is 0 Å². The maximum absolute atomic E-state index is 12.7. The molecule has 4 nitrogen and oxygen atoms in total. The first kappa shape index (κ1) is 13.5. The zero-order valence-electron chi connectivity index (χ0n) is 10.9. The first-order chi connectivity index (χ1) is 9.99. The third-order valence-electron chi connectivity index (χ3n) is 3.53. The zero-order chi connectivity index (χ0) is 15.0. The van der Waals surface area contributed by atoms with Crippen LogP contribution in [0.5, 0.6) is 0 Å². The highest BCUT2D eigenvalue weighted by Crippen LogP contribution is 2.33. The van der Waals surface area contributed by atoms with E-state index >= 15 is 0 Å². The van der Waals surface area contributed by atoms with Crippen molar-refractivity contribution in [3.63, 3.8) is 0 Å². The Morgan fingerprint density at radius 1 is 1.24 bits per heavy atom. The molecule has 108 valence electrons. The molecular weight excluding hydrogens is 281 g/mol. The Bertz CT molecular complexity index is 712. The largest absolute Gasteiger partial charge is 0.416 e. The van der Waals surface area contributed by atoms with E-state index in [4.69, 9.17) is 5.26 Å².